The van der Waals surface area contributed by atoms with Gasteiger partial charge in [0.25, 0.3) is 0 Å². The predicted octanol–water partition coefficient (Wildman–Crippen LogP) is 1.80. The van der Waals surface area contributed by atoms with Crippen LogP contribution in [0.1, 0.15) is 5.69 Å². The molecule has 0 spiro atoms. The Bertz CT molecular complexity index is 320. The van der Waals surface area contributed by atoms with Crippen LogP contribution < -0.4 is 10.6 Å². The summed E-state index contributed by atoms with van der Waals surface area (Å²) in [7, 11) is 1.70. The second-order valence-electron chi connectivity index (χ2n) is 3.43. The summed E-state index contributed by atoms with van der Waals surface area (Å²) in [5.74, 6) is 0.911. The molecule has 0 saturated carbocycles. The largest absolute Gasteiger partial charge is 0.383 e. The molecule has 16 heavy (non-hydrogen) atoms. The first-order chi connectivity index (χ1) is 7.74. The minimum atomic E-state index is 0.746. The third-order valence-electron chi connectivity index (χ3n) is 2.11. The standard InChI is InChI=1S/C11H18BrN3O/c1-9-10(12)3-4-11(15-9)14-6-5-13-7-8-16-2/h3-4,13H,5-8H2,1-2H3,(H,14,15). The number of ether oxygens (including phenoxy) is 1. The number of rotatable bonds is 7. The van der Waals surface area contributed by atoms with Gasteiger partial charge in [0, 0.05) is 31.2 Å². The fourth-order valence-electron chi connectivity index (χ4n) is 1.22. The highest BCUT2D eigenvalue weighted by Gasteiger charge is 1.97. The fraction of sp³-hybridized carbons (Fsp3) is 0.545. The van der Waals surface area contributed by atoms with Gasteiger partial charge < -0.3 is 15.4 Å². The third kappa shape index (κ3) is 4.92. The summed E-state index contributed by atoms with van der Waals surface area (Å²) in [4.78, 5) is 4.40. The number of aryl methyl sites for hydroxylation is 1. The number of pyridine rings is 1. The van der Waals surface area contributed by atoms with Gasteiger partial charge in [-0.3, -0.25) is 0 Å². The van der Waals surface area contributed by atoms with Crippen LogP contribution in [0.5, 0.6) is 0 Å². The number of halogens is 1. The number of hydrogen-bond acceptors (Lipinski definition) is 4. The SMILES string of the molecule is COCCNCCNc1ccc(Br)c(C)n1. The summed E-state index contributed by atoms with van der Waals surface area (Å²) in [5, 5.41) is 6.51. The van der Waals surface area contributed by atoms with Crippen LogP contribution in [-0.2, 0) is 4.74 Å². The number of methoxy groups -OCH3 is 1. The second-order valence-corrected chi connectivity index (χ2v) is 4.29. The van der Waals surface area contributed by atoms with Crippen molar-refractivity contribution in [3.8, 4) is 0 Å². The van der Waals surface area contributed by atoms with Gasteiger partial charge >= 0.3 is 0 Å². The molecular formula is C11H18BrN3O. The Labute approximate surface area is 105 Å². The maximum atomic E-state index is 4.94. The smallest absolute Gasteiger partial charge is 0.126 e. The lowest BCUT2D eigenvalue weighted by molar-refractivity contribution is 0.200. The molecule has 0 atom stereocenters. The van der Waals surface area contributed by atoms with E-state index in [1.54, 1.807) is 7.11 Å². The maximum Gasteiger partial charge on any atom is 0.126 e. The molecule has 0 bridgehead atoms. The summed E-state index contributed by atoms with van der Waals surface area (Å²) in [5.41, 5.74) is 0.998. The van der Waals surface area contributed by atoms with Crippen molar-refractivity contribution < 1.29 is 4.74 Å². The van der Waals surface area contributed by atoms with Crippen molar-refractivity contribution in [1.29, 1.82) is 0 Å². The van der Waals surface area contributed by atoms with Gasteiger partial charge in [-0.25, -0.2) is 4.98 Å². The van der Waals surface area contributed by atoms with Crippen LogP contribution >= 0.6 is 15.9 Å². The topological polar surface area (TPSA) is 46.2 Å². The van der Waals surface area contributed by atoms with Gasteiger partial charge in [0.15, 0.2) is 0 Å². The third-order valence-corrected chi connectivity index (χ3v) is 2.95. The van der Waals surface area contributed by atoms with E-state index in [0.717, 1.165) is 42.2 Å². The normalized spacial score (nSPS) is 10.4. The summed E-state index contributed by atoms with van der Waals surface area (Å²) in [6, 6.07) is 3.97. The molecular weight excluding hydrogens is 270 g/mol. The van der Waals surface area contributed by atoms with E-state index >= 15 is 0 Å². The Morgan fingerprint density at radius 3 is 2.81 bits per heavy atom. The molecule has 0 amide bonds. The van der Waals surface area contributed by atoms with Crippen LogP contribution in [0.2, 0.25) is 0 Å². The van der Waals surface area contributed by atoms with E-state index in [4.69, 9.17) is 4.74 Å². The molecule has 1 heterocycles. The Morgan fingerprint density at radius 2 is 2.12 bits per heavy atom. The minimum Gasteiger partial charge on any atom is -0.383 e. The van der Waals surface area contributed by atoms with E-state index in [1.807, 2.05) is 19.1 Å². The van der Waals surface area contributed by atoms with Gasteiger partial charge in [-0.05, 0) is 35.0 Å². The van der Waals surface area contributed by atoms with Gasteiger partial charge in [0.1, 0.15) is 5.82 Å². The van der Waals surface area contributed by atoms with Crippen molar-refractivity contribution in [2.75, 3.05) is 38.7 Å². The summed E-state index contributed by atoms with van der Waals surface area (Å²) in [6.07, 6.45) is 0. The molecule has 90 valence electrons. The average molecular weight is 288 g/mol. The highest BCUT2D eigenvalue weighted by atomic mass is 79.9. The first kappa shape index (κ1) is 13.4. The molecule has 0 saturated heterocycles. The second kappa shape index (κ2) is 7.60. The van der Waals surface area contributed by atoms with Gasteiger partial charge in [-0.2, -0.15) is 0 Å². The number of hydrogen-bond donors (Lipinski definition) is 2. The zero-order valence-electron chi connectivity index (χ0n) is 9.72. The van der Waals surface area contributed by atoms with Crippen molar-refractivity contribution in [3.05, 3.63) is 22.3 Å². The van der Waals surface area contributed by atoms with Gasteiger partial charge in [0.05, 0.1) is 12.3 Å². The van der Waals surface area contributed by atoms with E-state index in [0.29, 0.717) is 0 Å². The number of nitrogens with one attached hydrogen (secondary N) is 2. The van der Waals surface area contributed by atoms with Gasteiger partial charge in [-0.1, -0.05) is 0 Å². The molecule has 2 N–H and O–H groups in total. The first-order valence-electron chi connectivity index (χ1n) is 5.30. The molecule has 0 radical (unpaired) electrons. The summed E-state index contributed by atoms with van der Waals surface area (Å²) in [6.45, 7) is 5.37. The van der Waals surface area contributed by atoms with E-state index in [9.17, 15) is 0 Å². The van der Waals surface area contributed by atoms with E-state index in [-0.39, 0.29) is 0 Å². The van der Waals surface area contributed by atoms with Crippen molar-refractivity contribution in [3.63, 3.8) is 0 Å². The molecule has 0 aliphatic heterocycles. The molecule has 0 aliphatic rings. The van der Waals surface area contributed by atoms with Crippen LogP contribution in [0.25, 0.3) is 0 Å². The molecule has 5 heteroatoms. The Morgan fingerprint density at radius 1 is 1.31 bits per heavy atom. The fourth-order valence-corrected chi connectivity index (χ4v) is 1.44. The molecule has 0 unspecified atom stereocenters. The lowest BCUT2D eigenvalue weighted by Crippen LogP contribution is -2.25. The first-order valence-corrected chi connectivity index (χ1v) is 6.10. The number of anilines is 1. The predicted molar refractivity (Wildman–Crippen MR) is 69.9 cm³/mol. The van der Waals surface area contributed by atoms with Crippen LogP contribution in [-0.4, -0.2) is 38.3 Å². The van der Waals surface area contributed by atoms with Gasteiger partial charge in [0.2, 0.25) is 0 Å². The van der Waals surface area contributed by atoms with Crippen molar-refractivity contribution in [2.45, 2.75) is 6.92 Å². The van der Waals surface area contributed by atoms with E-state index in [2.05, 4.69) is 31.5 Å². The van der Waals surface area contributed by atoms with Crippen molar-refractivity contribution in [2.24, 2.45) is 0 Å². The van der Waals surface area contributed by atoms with E-state index < -0.39 is 0 Å². The molecule has 1 rings (SSSR count). The molecule has 4 nitrogen and oxygen atoms in total. The Hall–Kier alpha value is -0.650. The van der Waals surface area contributed by atoms with E-state index in [1.165, 1.54) is 0 Å². The minimum absolute atomic E-state index is 0.746. The zero-order chi connectivity index (χ0) is 11.8. The lowest BCUT2D eigenvalue weighted by atomic mass is 10.4. The van der Waals surface area contributed by atoms with Crippen LogP contribution in [0.4, 0.5) is 5.82 Å². The lowest BCUT2D eigenvalue weighted by Gasteiger charge is -2.08. The highest BCUT2D eigenvalue weighted by Crippen LogP contribution is 2.15. The van der Waals surface area contributed by atoms with Crippen LogP contribution in [0.15, 0.2) is 16.6 Å². The number of aromatic nitrogens is 1. The van der Waals surface area contributed by atoms with Crippen molar-refractivity contribution >= 4 is 21.7 Å². The maximum absolute atomic E-state index is 4.94. The molecule has 0 aliphatic carbocycles. The van der Waals surface area contributed by atoms with Gasteiger partial charge in [-0.15, -0.1) is 0 Å². The monoisotopic (exact) mass is 287 g/mol. The zero-order valence-corrected chi connectivity index (χ0v) is 11.3. The molecule has 0 fully saturated rings. The van der Waals surface area contributed by atoms with Crippen LogP contribution in [0.3, 0.4) is 0 Å². The van der Waals surface area contributed by atoms with Crippen LogP contribution in [0, 0.1) is 6.92 Å². The Kier molecular flexibility index (Phi) is 6.37. The highest BCUT2D eigenvalue weighted by molar-refractivity contribution is 9.10. The molecule has 1 aromatic rings. The summed E-state index contributed by atoms with van der Waals surface area (Å²) >= 11 is 3.42. The molecule has 0 aromatic carbocycles. The quantitative estimate of drug-likeness (QED) is 0.751. The average Bonchev–Trinajstić information content (AvgIpc) is 2.28. The van der Waals surface area contributed by atoms with Crippen molar-refractivity contribution in [1.82, 2.24) is 10.3 Å². The Balaban J connectivity index is 2.19. The summed E-state index contributed by atoms with van der Waals surface area (Å²) < 4.78 is 5.97. The molecule has 1 aromatic heterocycles. The number of nitrogens with zero attached hydrogens (tertiary/aromatic N) is 1.